The van der Waals surface area contributed by atoms with Gasteiger partial charge in [0.1, 0.15) is 5.82 Å². The van der Waals surface area contributed by atoms with Gasteiger partial charge in [-0.25, -0.2) is 9.97 Å². The number of pyridine rings is 1. The maximum Gasteiger partial charge on any atom is 0.188 e. The Hall–Kier alpha value is -2.20. The van der Waals surface area contributed by atoms with Crippen LogP contribution >= 0.6 is 11.3 Å². The van der Waals surface area contributed by atoms with Crippen molar-refractivity contribution in [3.63, 3.8) is 0 Å². The number of fused-ring (bicyclic) bond motifs is 1. The molecule has 3 nitrogen and oxygen atoms in total. The van der Waals surface area contributed by atoms with E-state index in [9.17, 15) is 0 Å². The van der Waals surface area contributed by atoms with Crippen molar-refractivity contribution in [1.82, 2.24) is 9.97 Å². The number of nitrogens with one attached hydrogen (secondary N) is 1. The van der Waals surface area contributed by atoms with Crippen LogP contribution in [0.2, 0.25) is 0 Å². The van der Waals surface area contributed by atoms with Crippen LogP contribution in [0.5, 0.6) is 0 Å². The lowest BCUT2D eigenvalue weighted by atomic mass is 10.1. The second-order valence-electron chi connectivity index (χ2n) is 5.21. The van der Waals surface area contributed by atoms with Crippen LogP contribution in [0.4, 0.5) is 10.9 Å². The molecular formula is C17H15N3S. The summed E-state index contributed by atoms with van der Waals surface area (Å²) in [4.78, 5) is 8.93. The first-order valence-electron chi connectivity index (χ1n) is 7.14. The van der Waals surface area contributed by atoms with Crippen LogP contribution in [0.1, 0.15) is 17.5 Å². The van der Waals surface area contributed by atoms with Crippen molar-refractivity contribution in [3.8, 4) is 11.3 Å². The van der Waals surface area contributed by atoms with E-state index in [0.29, 0.717) is 0 Å². The zero-order valence-electron chi connectivity index (χ0n) is 11.5. The molecule has 2 aromatic heterocycles. The van der Waals surface area contributed by atoms with E-state index in [1.165, 1.54) is 36.0 Å². The standard InChI is InChI=1S/C17H15N3S/c1-2-9-18-16(6-1)20-17-19-15(11-21-17)14-8-7-12-4-3-5-13(12)10-14/h1-2,6-11H,3-5H2,(H,18,19,20). The number of hydrogen-bond donors (Lipinski definition) is 1. The fraction of sp³-hybridized carbons (Fsp3) is 0.176. The zero-order valence-corrected chi connectivity index (χ0v) is 12.4. The Bertz CT molecular complexity index is 765. The van der Waals surface area contributed by atoms with E-state index in [-0.39, 0.29) is 0 Å². The van der Waals surface area contributed by atoms with Crippen molar-refractivity contribution in [2.45, 2.75) is 19.3 Å². The SMILES string of the molecule is c1ccc(Nc2nc(-c3ccc4c(c3)CCC4)cs2)nc1. The molecule has 4 heteroatoms. The molecule has 4 rings (SSSR count). The third-order valence-electron chi connectivity index (χ3n) is 3.80. The van der Waals surface area contributed by atoms with Gasteiger partial charge in [-0.2, -0.15) is 0 Å². The normalized spacial score (nSPS) is 13.1. The maximum atomic E-state index is 4.67. The van der Waals surface area contributed by atoms with Crippen molar-refractivity contribution in [2.24, 2.45) is 0 Å². The highest BCUT2D eigenvalue weighted by molar-refractivity contribution is 7.14. The van der Waals surface area contributed by atoms with Crippen molar-refractivity contribution >= 4 is 22.3 Å². The van der Waals surface area contributed by atoms with E-state index in [0.717, 1.165) is 16.6 Å². The van der Waals surface area contributed by atoms with Gasteiger partial charge in [0, 0.05) is 17.1 Å². The summed E-state index contributed by atoms with van der Waals surface area (Å²) in [5.41, 5.74) is 5.23. The van der Waals surface area contributed by atoms with E-state index in [4.69, 9.17) is 0 Å². The molecule has 1 aromatic carbocycles. The molecule has 0 spiro atoms. The number of aromatic nitrogens is 2. The molecule has 104 valence electrons. The van der Waals surface area contributed by atoms with Crippen LogP contribution < -0.4 is 5.32 Å². The predicted molar refractivity (Wildman–Crippen MR) is 87.1 cm³/mol. The van der Waals surface area contributed by atoms with E-state index < -0.39 is 0 Å². The summed E-state index contributed by atoms with van der Waals surface area (Å²) in [5.74, 6) is 0.826. The van der Waals surface area contributed by atoms with Gasteiger partial charge in [-0.15, -0.1) is 11.3 Å². The van der Waals surface area contributed by atoms with Crippen LogP contribution in [0.3, 0.4) is 0 Å². The Morgan fingerprint density at radius 2 is 2.00 bits per heavy atom. The average molecular weight is 293 g/mol. The lowest BCUT2D eigenvalue weighted by molar-refractivity contribution is 0.912. The number of nitrogens with zero attached hydrogens (tertiary/aromatic N) is 2. The van der Waals surface area contributed by atoms with Gasteiger partial charge in [-0.05, 0) is 48.6 Å². The van der Waals surface area contributed by atoms with Gasteiger partial charge in [0.25, 0.3) is 0 Å². The first-order chi connectivity index (χ1) is 10.4. The Balaban J connectivity index is 1.59. The maximum absolute atomic E-state index is 4.67. The van der Waals surface area contributed by atoms with Crippen molar-refractivity contribution in [3.05, 3.63) is 59.1 Å². The Morgan fingerprint density at radius 3 is 2.90 bits per heavy atom. The zero-order chi connectivity index (χ0) is 14.1. The molecule has 0 radical (unpaired) electrons. The molecule has 2 heterocycles. The highest BCUT2D eigenvalue weighted by atomic mass is 32.1. The van der Waals surface area contributed by atoms with Gasteiger partial charge in [0.15, 0.2) is 5.13 Å². The number of hydrogen-bond acceptors (Lipinski definition) is 4. The highest BCUT2D eigenvalue weighted by Crippen LogP contribution is 2.30. The lowest BCUT2D eigenvalue weighted by Gasteiger charge is -2.02. The predicted octanol–water partition coefficient (Wildman–Crippen LogP) is 4.44. The number of benzene rings is 1. The van der Waals surface area contributed by atoms with Crippen LogP contribution in [-0.2, 0) is 12.8 Å². The van der Waals surface area contributed by atoms with Crippen LogP contribution in [0, 0.1) is 0 Å². The number of rotatable bonds is 3. The van der Waals surface area contributed by atoms with Crippen molar-refractivity contribution < 1.29 is 0 Å². The van der Waals surface area contributed by atoms with Gasteiger partial charge >= 0.3 is 0 Å². The molecule has 0 bridgehead atoms. The average Bonchev–Trinajstić information content (AvgIpc) is 3.16. The summed E-state index contributed by atoms with van der Waals surface area (Å²) in [7, 11) is 0. The summed E-state index contributed by atoms with van der Waals surface area (Å²) in [6.45, 7) is 0. The summed E-state index contributed by atoms with van der Waals surface area (Å²) in [6.07, 6.45) is 5.48. The first-order valence-corrected chi connectivity index (χ1v) is 8.02. The largest absolute Gasteiger partial charge is 0.316 e. The molecule has 0 aliphatic heterocycles. The quantitative estimate of drug-likeness (QED) is 0.776. The minimum Gasteiger partial charge on any atom is -0.316 e. The molecule has 0 amide bonds. The topological polar surface area (TPSA) is 37.8 Å². The van der Waals surface area contributed by atoms with Gasteiger partial charge < -0.3 is 5.32 Å². The van der Waals surface area contributed by atoms with Gasteiger partial charge in [0.05, 0.1) is 5.69 Å². The molecule has 1 aliphatic rings. The Labute approximate surface area is 127 Å². The minimum atomic E-state index is 0.826. The smallest absolute Gasteiger partial charge is 0.188 e. The second-order valence-corrected chi connectivity index (χ2v) is 6.07. The van der Waals surface area contributed by atoms with E-state index in [2.05, 4.69) is 38.9 Å². The van der Waals surface area contributed by atoms with E-state index in [1.54, 1.807) is 17.5 Å². The molecular weight excluding hydrogens is 278 g/mol. The molecule has 0 saturated heterocycles. The molecule has 3 aromatic rings. The molecule has 1 N–H and O–H groups in total. The Morgan fingerprint density at radius 1 is 1.05 bits per heavy atom. The van der Waals surface area contributed by atoms with Crippen molar-refractivity contribution in [1.29, 1.82) is 0 Å². The third-order valence-corrected chi connectivity index (χ3v) is 4.56. The van der Waals surface area contributed by atoms with E-state index >= 15 is 0 Å². The van der Waals surface area contributed by atoms with Crippen LogP contribution in [0.15, 0.2) is 48.0 Å². The molecule has 0 unspecified atom stereocenters. The number of thiazole rings is 1. The minimum absolute atomic E-state index is 0.826. The van der Waals surface area contributed by atoms with E-state index in [1.807, 2.05) is 18.2 Å². The van der Waals surface area contributed by atoms with Gasteiger partial charge in [0.2, 0.25) is 0 Å². The second kappa shape index (κ2) is 5.30. The lowest BCUT2D eigenvalue weighted by Crippen LogP contribution is -1.92. The van der Waals surface area contributed by atoms with Crippen LogP contribution in [0.25, 0.3) is 11.3 Å². The molecule has 1 aliphatic carbocycles. The summed E-state index contributed by atoms with van der Waals surface area (Å²) < 4.78 is 0. The third kappa shape index (κ3) is 2.54. The van der Waals surface area contributed by atoms with Gasteiger partial charge in [-0.1, -0.05) is 18.2 Å². The highest BCUT2D eigenvalue weighted by Gasteiger charge is 2.12. The fourth-order valence-corrected chi connectivity index (χ4v) is 3.47. The fourth-order valence-electron chi connectivity index (χ4n) is 2.74. The molecule has 0 atom stereocenters. The summed E-state index contributed by atoms with van der Waals surface area (Å²) >= 11 is 1.61. The Kier molecular flexibility index (Phi) is 3.16. The van der Waals surface area contributed by atoms with Crippen molar-refractivity contribution in [2.75, 3.05) is 5.32 Å². The number of anilines is 2. The molecule has 21 heavy (non-hydrogen) atoms. The number of aryl methyl sites for hydroxylation is 2. The monoisotopic (exact) mass is 293 g/mol. The summed E-state index contributed by atoms with van der Waals surface area (Å²) in [6, 6.07) is 12.5. The summed E-state index contributed by atoms with van der Waals surface area (Å²) in [5, 5.41) is 6.22. The van der Waals surface area contributed by atoms with Gasteiger partial charge in [-0.3, -0.25) is 0 Å². The molecule has 0 fully saturated rings. The first kappa shape index (κ1) is 12.5. The molecule has 0 saturated carbocycles. The van der Waals surface area contributed by atoms with Crippen LogP contribution in [-0.4, -0.2) is 9.97 Å².